The van der Waals surface area contributed by atoms with E-state index in [0.29, 0.717) is 16.9 Å². The molecule has 0 aromatic heterocycles. The van der Waals surface area contributed by atoms with Gasteiger partial charge in [0, 0.05) is 0 Å². The Labute approximate surface area is 176 Å². The molecule has 5 aliphatic rings. The van der Waals surface area contributed by atoms with Crippen molar-refractivity contribution in [2.45, 2.75) is 77.7 Å². The molecule has 0 bridgehead atoms. The third-order valence-electron chi connectivity index (χ3n) is 10.2. The largest absolute Gasteiger partial charge is 0.265 e. The van der Waals surface area contributed by atoms with Gasteiger partial charge >= 0.3 is 0 Å². The maximum atomic E-state index is 6.63. The zero-order valence-electron chi connectivity index (χ0n) is 18.3. The lowest BCUT2D eigenvalue weighted by Crippen LogP contribution is -2.52. The Kier molecular flexibility index (Phi) is 4.21. The molecule has 156 valence electrons. The van der Waals surface area contributed by atoms with Gasteiger partial charge in [0.1, 0.15) is 6.10 Å². The van der Waals surface area contributed by atoms with Crippen molar-refractivity contribution in [3.05, 3.63) is 42.0 Å². The lowest BCUT2D eigenvalue weighted by molar-refractivity contribution is -0.0981. The standard InChI is InChI=1S/C27H37NO/c1-26-15-7-6-8-19(26)11-12-21-22(26)13-16-27(2)23-14-17-28(20-9-4-3-5-10-20)29-25(23)18-24(21)27/h3-5,9-10,14,19,21-22,24-25H,6-8,11-13,15-18H2,1-2H3/t19-,21-,22+,24+,25-,26+,27-/m1/s1. The van der Waals surface area contributed by atoms with Crippen LogP contribution in [0.15, 0.2) is 42.0 Å². The number of benzene rings is 1. The van der Waals surface area contributed by atoms with Crippen LogP contribution in [-0.4, -0.2) is 12.6 Å². The van der Waals surface area contributed by atoms with E-state index < -0.39 is 0 Å². The Bertz CT molecular complexity index is 802. The molecule has 0 spiro atoms. The molecule has 2 heteroatoms. The zero-order chi connectivity index (χ0) is 19.6. The molecule has 7 atom stereocenters. The van der Waals surface area contributed by atoms with Gasteiger partial charge < -0.3 is 0 Å². The highest BCUT2D eigenvalue weighted by molar-refractivity contribution is 5.46. The zero-order valence-corrected chi connectivity index (χ0v) is 18.3. The van der Waals surface area contributed by atoms with Gasteiger partial charge in [0.2, 0.25) is 0 Å². The summed E-state index contributed by atoms with van der Waals surface area (Å²) in [6.07, 6.45) is 15.8. The van der Waals surface area contributed by atoms with Crippen LogP contribution in [0.5, 0.6) is 0 Å². The van der Waals surface area contributed by atoms with E-state index in [1.54, 1.807) is 5.57 Å². The van der Waals surface area contributed by atoms with Crippen molar-refractivity contribution in [3.8, 4) is 0 Å². The average molecular weight is 392 g/mol. The summed E-state index contributed by atoms with van der Waals surface area (Å²) in [7, 11) is 0. The predicted octanol–water partition coefficient (Wildman–Crippen LogP) is 6.78. The summed E-state index contributed by atoms with van der Waals surface area (Å²) in [5.74, 6) is 3.72. The second-order valence-electron chi connectivity index (χ2n) is 11.2. The van der Waals surface area contributed by atoms with Crippen molar-refractivity contribution in [1.29, 1.82) is 0 Å². The highest BCUT2D eigenvalue weighted by Crippen LogP contribution is 2.67. The lowest BCUT2D eigenvalue weighted by atomic mass is 9.45. The van der Waals surface area contributed by atoms with Crippen molar-refractivity contribution in [3.63, 3.8) is 0 Å². The maximum absolute atomic E-state index is 6.63. The van der Waals surface area contributed by atoms with E-state index >= 15 is 0 Å². The molecule has 6 rings (SSSR count). The van der Waals surface area contributed by atoms with E-state index in [0.717, 1.165) is 30.2 Å². The smallest absolute Gasteiger partial charge is 0.108 e. The summed E-state index contributed by atoms with van der Waals surface area (Å²) < 4.78 is 0. The first-order valence-electron chi connectivity index (χ1n) is 12.3. The SMILES string of the molecule is C[C@]12CCCC[C@@H]1CC[C@@H]1[C@@H]2CC[C@]2(C)C3=CCN(c4ccccc4)O[C@@H]3C[C@@H]12. The van der Waals surface area contributed by atoms with Gasteiger partial charge in [0.25, 0.3) is 0 Å². The van der Waals surface area contributed by atoms with E-state index in [1.807, 2.05) is 0 Å². The molecular weight excluding hydrogens is 354 g/mol. The van der Waals surface area contributed by atoms with Gasteiger partial charge in [-0.3, -0.25) is 4.84 Å². The number of fused-ring (bicyclic) bond motifs is 7. The molecule has 29 heavy (non-hydrogen) atoms. The van der Waals surface area contributed by atoms with Gasteiger partial charge in [-0.15, -0.1) is 0 Å². The van der Waals surface area contributed by atoms with Gasteiger partial charge in [0.15, 0.2) is 0 Å². The molecule has 4 saturated carbocycles. The Balaban J connectivity index is 1.28. The number of rotatable bonds is 1. The Morgan fingerprint density at radius 2 is 1.79 bits per heavy atom. The van der Waals surface area contributed by atoms with E-state index in [1.165, 1.54) is 63.5 Å². The maximum Gasteiger partial charge on any atom is 0.108 e. The first kappa shape index (κ1) is 18.5. The molecule has 1 aromatic rings. The molecule has 0 amide bonds. The van der Waals surface area contributed by atoms with Crippen LogP contribution >= 0.6 is 0 Å². The molecular formula is C27H37NO. The summed E-state index contributed by atoms with van der Waals surface area (Å²) >= 11 is 0. The Morgan fingerprint density at radius 3 is 2.66 bits per heavy atom. The first-order valence-corrected chi connectivity index (χ1v) is 12.3. The second kappa shape index (κ2) is 6.61. The summed E-state index contributed by atoms with van der Waals surface area (Å²) in [5.41, 5.74) is 3.84. The third-order valence-corrected chi connectivity index (χ3v) is 10.2. The van der Waals surface area contributed by atoms with Crippen LogP contribution in [0.4, 0.5) is 5.69 Å². The molecule has 1 aromatic carbocycles. The third kappa shape index (κ3) is 2.63. The van der Waals surface area contributed by atoms with E-state index in [2.05, 4.69) is 55.3 Å². The minimum Gasteiger partial charge on any atom is -0.265 e. The first-order chi connectivity index (χ1) is 14.1. The minimum absolute atomic E-state index is 0.301. The van der Waals surface area contributed by atoms with E-state index in [-0.39, 0.29) is 0 Å². The predicted molar refractivity (Wildman–Crippen MR) is 118 cm³/mol. The van der Waals surface area contributed by atoms with Crippen molar-refractivity contribution >= 4 is 5.69 Å². The molecule has 4 fully saturated rings. The summed E-state index contributed by atoms with van der Waals surface area (Å²) in [6, 6.07) is 10.7. The van der Waals surface area contributed by atoms with Crippen LogP contribution in [0, 0.1) is 34.5 Å². The lowest BCUT2D eigenvalue weighted by Gasteiger charge is -2.60. The highest BCUT2D eigenvalue weighted by Gasteiger charge is 2.61. The van der Waals surface area contributed by atoms with Gasteiger partial charge in [-0.1, -0.05) is 51.0 Å². The fourth-order valence-electron chi connectivity index (χ4n) is 8.74. The van der Waals surface area contributed by atoms with Crippen LogP contribution in [-0.2, 0) is 4.84 Å². The average Bonchev–Trinajstić information content (AvgIpc) is 3.06. The number of hydroxylamine groups is 1. The minimum atomic E-state index is 0.301. The number of hydrogen-bond acceptors (Lipinski definition) is 2. The number of nitrogens with zero attached hydrogens (tertiary/aromatic N) is 1. The van der Waals surface area contributed by atoms with Crippen LogP contribution in [0.25, 0.3) is 0 Å². The van der Waals surface area contributed by atoms with Gasteiger partial charge in [-0.2, -0.15) is 0 Å². The summed E-state index contributed by atoms with van der Waals surface area (Å²) in [4.78, 5) is 6.63. The molecule has 2 nitrogen and oxygen atoms in total. The topological polar surface area (TPSA) is 12.5 Å². The molecule has 0 radical (unpaired) electrons. The fraction of sp³-hybridized carbons (Fsp3) is 0.704. The molecule has 0 saturated heterocycles. The van der Waals surface area contributed by atoms with Crippen molar-refractivity contribution in [2.24, 2.45) is 34.5 Å². The monoisotopic (exact) mass is 391 g/mol. The van der Waals surface area contributed by atoms with Crippen LogP contribution in [0.3, 0.4) is 0 Å². The highest BCUT2D eigenvalue weighted by atomic mass is 16.7. The van der Waals surface area contributed by atoms with E-state index in [9.17, 15) is 0 Å². The van der Waals surface area contributed by atoms with Crippen LogP contribution in [0.1, 0.15) is 71.6 Å². The van der Waals surface area contributed by atoms with Gasteiger partial charge in [0.05, 0.1) is 12.2 Å². The molecule has 1 aliphatic heterocycles. The summed E-state index contributed by atoms with van der Waals surface area (Å²) in [5, 5.41) is 2.13. The summed E-state index contributed by atoms with van der Waals surface area (Å²) in [6.45, 7) is 6.17. The Hall–Kier alpha value is -1.28. The van der Waals surface area contributed by atoms with Crippen molar-refractivity contribution in [2.75, 3.05) is 11.6 Å². The fourth-order valence-corrected chi connectivity index (χ4v) is 8.74. The van der Waals surface area contributed by atoms with Crippen LogP contribution in [0.2, 0.25) is 0 Å². The normalized spacial score (nSPS) is 46.2. The quantitative estimate of drug-likeness (QED) is 0.489. The molecule has 0 N–H and O–H groups in total. The van der Waals surface area contributed by atoms with Gasteiger partial charge in [-0.25, -0.2) is 5.06 Å². The van der Waals surface area contributed by atoms with Crippen molar-refractivity contribution < 1.29 is 4.84 Å². The van der Waals surface area contributed by atoms with Crippen LogP contribution < -0.4 is 5.06 Å². The second-order valence-corrected chi connectivity index (χ2v) is 11.2. The number of para-hydroxylation sites is 1. The molecule has 4 aliphatic carbocycles. The van der Waals surface area contributed by atoms with E-state index in [4.69, 9.17) is 4.84 Å². The molecule has 0 unspecified atom stereocenters. The van der Waals surface area contributed by atoms with Crippen molar-refractivity contribution in [1.82, 2.24) is 0 Å². The van der Waals surface area contributed by atoms with Gasteiger partial charge in [-0.05, 0) is 97.2 Å². The molecule has 1 heterocycles. The Morgan fingerprint density at radius 1 is 0.931 bits per heavy atom. The number of anilines is 1. The number of hydrogen-bond donors (Lipinski definition) is 0.